The first-order valence-corrected chi connectivity index (χ1v) is 20.8. The Morgan fingerprint density at radius 3 is 1.75 bits per heavy atom. The van der Waals surface area contributed by atoms with Crippen molar-refractivity contribution in [1.29, 1.82) is 0 Å². The summed E-state index contributed by atoms with van der Waals surface area (Å²) in [5.41, 5.74) is 18.5. The summed E-state index contributed by atoms with van der Waals surface area (Å²) in [6, 6.07) is 74.8. The van der Waals surface area contributed by atoms with Gasteiger partial charge in [-0.05, 0) is 117 Å². The van der Waals surface area contributed by atoms with Crippen LogP contribution in [0.15, 0.2) is 211 Å². The predicted octanol–water partition coefficient (Wildman–Crippen LogP) is 15.8. The number of furan rings is 1. The summed E-state index contributed by atoms with van der Waals surface area (Å²) in [6.45, 7) is 4.73. The van der Waals surface area contributed by atoms with Crippen molar-refractivity contribution < 1.29 is 4.42 Å². The molecule has 11 aromatic rings. The van der Waals surface area contributed by atoms with Gasteiger partial charge in [0, 0.05) is 49.7 Å². The van der Waals surface area contributed by atoms with Gasteiger partial charge in [-0.15, -0.1) is 0 Å². The molecule has 12 rings (SSSR count). The van der Waals surface area contributed by atoms with Gasteiger partial charge >= 0.3 is 0 Å². The first kappa shape index (κ1) is 34.4. The molecule has 0 N–H and O–H groups in total. The summed E-state index contributed by atoms with van der Waals surface area (Å²) in [5, 5.41) is 4.64. The Labute approximate surface area is 349 Å². The van der Waals surface area contributed by atoms with Gasteiger partial charge in [0.25, 0.3) is 0 Å². The van der Waals surface area contributed by atoms with Crippen LogP contribution < -0.4 is 4.90 Å². The number of aromatic nitrogens is 1. The number of para-hydroxylation sites is 2. The van der Waals surface area contributed by atoms with Crippen LogP contribution in [0, 0.1) is 0 Å². The van der Waals surface area contributed by atoms with Gasteiger partial charge in [-0.3, -0.25) is 0 Å². The van der Waals surface area contributed by atoms with E-state index in [-0.39, 0.29) is 5.41 Å². The molecule has 1 aliphatic rings. The van der Waals surface area contributed by atoms with Gasteiger partial charge in [0.2, 0.25) is 0 Å². The third-order valence-corrected chi connectivity index (χ3v) is 12.8. The molecule has 3 nitrogen and oxygen atoms in total. The van der Waals surface area contributed by atoms with Crippen LogP contribution in [0.25, 0.3) is 82.8 Å². The summed E-state index contributed by atoms with van der Waals surface area (Å²) in [4.78, 5) is 2.40. The second kappa shape index (κ2) is 13.2. The van der Waals surface area contributed by atoms with Crippen LogP contribution >= 0.6 is 0 Å². The first-order chi connectivity index (χ1) is 29.5. The van der Waals surface area contributed by atoms with Crippen LogP contribution in [0.5, 0.6) is 0 Å². The summed E-state index contributed by atoms with van der Waals surface area (Å²) in [6.07, 6.45) is 0. The SMILES string of the molecule is CC1(C)c2ccc(-c3ccccc3)cc2-c2ccc(N(c3ccc(-c4ccccc4)cc3)c3ccc(-n4c5ccccc5c5ccc6c7ccccc7oc6c54)cc3)cc21. The highest BCUT2D eigenvalue weighted by molar-refractivity contribution is 6.21. The highest BCUT2D eigenvalue weighted by Gasteiger charge is 2.36. The Balaban J connectivity index is 1.01. The van der Waals surface area contributed by atoms with Crippen LogP contribution in [-0.2, 0) is 5.41 Å². The minimum atomic E-state index is -0.166. The molecule has 0 unspecified atom stereocenters. The van der Waals surface area contributed by atoms with Gasteiger partial charge in [0.1, 0.15) is 5.58 Å². The smallest absolute Gasteiger partial charge is 0.160 e. The van der Waals surface area contributed by atoms with E-state index in [2.05, 4.69) is 224 Å². The lowest BCUT2D eigenvalue weighted by Gasteiger charge is -2.28. The molecule has 0 fully saturated rings. The second-order valence-electron chi connectivity index (χ2n) is 16.5. The Kier molecular flexibility index (Phi) is 7.58. The Morgan fingerprint density at radius 2 is 1.00 bits per heavy atom. The van der Waals surface area contributed by atoms with Crippen molar-refractivity contribution in [3.05, 3.63) is 217 Å². The van der Waals surface area contributed by atoms with E-state index in [0.717, 1.165) is 55.7 Å². The normalized spacial score (nSPS) is 13.0. The average molecular weight is 769 g/mol. The van der Waals surface area contributed by atoms with Gasteiger partial charge < -0.3 is 13.9 Å². The highest BCUT2D eigenvalue weighted by atomic mass is 16.3. The van der Waals surface area contributed by atoms with Crippen molar-refractivity contribution in [2.75, 3.05) is 4.90 Å². The monoisotopic (exact) mass is 768 g/mol. The van der Waals surface area contributed by atoms with Gasteiger partial charge in [0.15, 0.2) is 5.58 Å². The number of nitrogens with zero attached hydrogens (tertiary/aromatic N) is 2. The molecule has 0 radical (unpaired) electrons. The van der Waals surface area contributed by atoms with Gasteiger partial charge in [-0.1, -0.05) is 147 Å². The Bertz CT molecular complexity index is 3430. The van der Waals surface area contributed by atoms with Crippen molar-refractivity contribution in [2.45, 2.75) is 19.3 Å². The van der Waals surface area contributed by atoms with E-state index in [0.29, 0.717) is 0 Å². The lowest BCUT2D eigenvalue weighted by molar-refractivity contribution is 0.660. The van der Waals surface area contributed by atoms with Gasteiger partial charge in [-0.2, -0.15) is 0 Å². The molecule has 284 valence electrons. The molecule has 2 heterocycles. The number of fused-ring (bicyclic) bond motifs is 10. The zero-order chi connectivity index (χ0) is 40.0. The summed E-state index contributed by atoms with van der Waals surface area (Å²) in [5.74, 6) is 0. The molecule has 0 saturated carbocycles. The lowest BCUT2D eigenvalue weighted by atomic mass is 9.82. The largest absolute Gasteiger partial charge is 0.454 e. The third kappa shape index (κ3) is 5.22. The van der Waals surface area contributed by atoms with E-state index in [1.165, 1.54) is 55.3 Å². The Hall–Kier alpha value is -7.62. The average Bonchev–Trinajstić information content (AvgIpc) is 3.93. The maximum atomic E-state index is 6.65. The highest BCUT2D eigenvalue weighted by Crippen LogP contribution is 2.52. The molecule has 3 heteroatoms. The van der Waals surface area contributed by atoms with E-state index in [4.69, 9.17) is 4.42 Å². The Morgan fingerprint density at radius 1 is 0.417 bits per heavy atom. The minimum Gasteiger partial charge on any atom is -0.454 e. The number of anilines is 3. The van der Waals surface area contributed by atoms with Gasteiger partial charge in [-0.25, -0.2) is 0 Å². The second-order valence-corrected chi connectivity index (χ2v) is 16.5. The van der Waals surface area contributed by atoms with Crippen LogP contribution in [0.4, 0.5) is 17.1 Å². The maximum absolute atomic E-state index is 6.65. The molecule has 2 aromatic heterocycles. The van der Waals surface area contributed by atoms with Crippen molar-refractivity contribution in [2.24, 2.45) is 0 Å². The molecule has 0 saturated heterocycles. The zero-order valence-electron chi connectivity index (χ0n) is 33.4. The van der Waals surface area contributed by atoms with E-state index in [1.807, 2.05) is 6.07 Å². The zero-order valence-corrected chi connectivity index (χ0v) is 33.4. The fraction of sp³-hybridized carbons (Fsp3) is 0.0526. The molecule has 9 aromatic carbocycles. The summed E-state index contributed by atoms with van der Waals surface area (Å²) in [7, 11) is 0. The van der Waals surface area contributed by atoms with Crippen LogP contribution in [0.2, 0.25) is 0 Å². The number of hydrogen-bond acceptors (Lipinski definition) is 2. The minimum absolute atomic E-state index is 0.166. The molecular formula is C57H40N2O. The first-order valence-electron chi connectivity index (χ1n) is 20.8. The van der Waals surface area contributed by atoms with E-state index >= 15 is 0 Å². The molecular weight excluding hydrogens is 729 g/mol. The van der Waals surface area contributed by atoms with E-state index < -0.39 is 0 Å². The van der Waals surface area contributed by atoms with Crippen LogP contribution in [0.3, 0.4) is 0 Å². The molecule has 0 atom stereocenters. The van der Waals surface area contributed by atoms with Gasteiger partial charge in [0.05, 0.1) is 11.0 Å². The lowest BCUT2D eigenvalue weighted by Crippen LogP contribution is -2.16. The molecule has 0 spiro atoms. The van der Waals surface area contributed by atoms with Crippen molar-refractivity contribution in [1.82, 2.24) is 4.57 Å². The molecule has 0 bridgehead atoms. The van der Waals surface area contributed by atoms with Crippen LogP contribution in [-0.4, -0.2) is 4.57 Å². The molecule has 1 aliphatic carbocycles. The van der Waals surface area contributed by atoms with Crippen LogP contribution in [0.1, 0.15) is 25.0 Å². The number of benzene rings is 9. The summed E-state index contributed by atoms with van der Waals surface area (Å²) >= 11 is 0. The summed E-state index contributed by atoms with van der Waals surface area (Å²) < 4.78 is 9.03. The van der Waals surface area contributed by atoms with E-state index in [9.17, 15) is 0 Å². The molecule has 0 amide bonds. The molecule has 0 aliphatic heterocycles. The van der Waals surface area contributed by atoms with Crippen molar-refractivity contribution in [3.63, 3.8) is 0 Å². The number of rotatable bonds is 6. The van der Waals surface area contributed by atoms with Crippen molar-refractivity contribution in [3.8, 4) is 39.1 Å². The number of hydrogen-bond donors (Lipinski definition) is 0. The standard InChI is InChI=1S/C57H40N2O/c1-57(2)51-34-23-40(38-15-7-4-8-16-38)35-50(51)45-31-30-44(36-52(45)57)58(41-24-21-39(22-25-41)37-13-5-3-6-14-37)42-26-28-43(29-27-42)59-53-19-11-9-17-46(53)48-32-33-49-47-18-10-12-20-54(47)60-56(49)55(48)59/h3-36H,1-2H3. The topological polar surface area (TPSA) is 21.3 Å². The third-order valence-electron chi connectivity index (χ3n) is 12.8. The fourth-order valence-corrected chi connectivity index (χ4v) is 9.82. The maximum Gasteiger partial charge on any atom is 0.160 e. The molecule has 60 heavy (non-hydrogen) atoms. The van der Waals surface area contributed by atoms with E-state index in [1.54, 1.807) is 0 Å². The quantitative estimate of drug-likeness (QED) is 0.168. The fourth-order valence-electron chi connectivity index (χ4n) is 9.82. The van der Waals surface area contributed by atoms with Crippen molar-refractivity contribution >= 4 is 60.8 Å². The predicted molar refractivity (Wildman–Crippen MR) is 251 cm³/mol.